The van der Waals surface area contributed by atoms with Gasteiger partial charge in [0.25, 0.3) is 0 Å². The van der Waals surface area contributed by atoms with Crippen molar-refractivity contribution in [2.45, 2.75) is 0 Å². The second-order valence-corrected chi connectivity index (χ2v) is 8.19. The SMILES string of the molecule is c1ccc2c(c1)ccc1cc(-c3ccc4ccc5cccc6ccc3c4c56)ccc12. The van der Waals surface area contributed by atoms with Crippen LogP contribution in [-0.4, -0.2) is 0 Å². The fourth-order valence-corrected chi connectivity index (χ4v) is 5.17. The first-order valence-electron chi connectivity index (χ1n) is 10.5. The molecule has 0 unspecified atom stereocenters. The molecule has 0 N–H and O–H groups in total. The lowest BCUT2D eigenvalue weighted by atomic mass is 9.89. The number of hydrogen-bond donors (Lipinski definition) is 0. The lowest BCUT2D eigenvalue weighted by molar-refractivity contribution is 1.70. The van der Waals surface area contributed by atoms with Gasteiger partial charge in [-0.15, -0.1) is 0 Å². The molecular weight excluding hydrogens is 360 g/mol. The lowest BCUT2D eigenvalue weighted by Gasteiger charge is -2.14. The van der Waals surface area contributed by atoms with E-state index in [2.05, 4.69) is 109 Å². The van der Waals surface area contributed by atoms with Crippen LogP contribution in [0.4, 0.5) is 0 Å². The van der Waals surface area contributed by atoms with E-state index < -0.39 is 0 Å². The van der Waals surface area contributed by atoms with Gasteiger partial charge in [-0.05, 0) is 71.1 Å². The van der Waals surface area contributed by atoms with E-state index in [0.717, 1.165) is 0 Å². The minimum atomic E-state index is 1.27. The Kier molecular flexibility index (Phi) is 3.09. The van der Waals surface area contributed by atoms with Gasteiger partial charge in [-0.3, -0.25) is 0 Å². The van der Waals surface area contributed by atoms with Crippen LogP contribution in [0.1, 0.15) is 0 Å². The first-order chi connectivity index (χ1) is 14.9. The first-order valence-corrected chi connectivity index (χ1v) is 10.5. The molecule has 0 aliphatic carbocycles. The molecule has 0 radical (unpaired) electrons. The van der Waals surface area contributed by atoms with E-state index in [1.165, 1.54) is 65.0 Å². The molecule has 0 amide bonds. The maximum absolute atomic E-state index is 2.34. The van der Waals surface area contributed by atoms with Crippen molar-refractivity contribution in [1.29, 1.82) is 0 Å². The Bertz CT molecular complexity index is 1720. The number of fused-ring (bicyclic) bond motifs is 3. The molecule has 0 nitrogen and oxygen atoms in total. The van der Waals surface area contributed by atoms with Crippen molar-refractivity contribution >= 4 is 53.9 Å². The minimum absolute atomic E-state index is 1.27. The summed E-state index contributed by atoms with van der Waals surface area (Å²) in [6.45, 7) is 0. The Labute approximate surface area is 174 Å². The summed E-state index contributed by atoms with van der Waals surface area (Å²) in [6.07, 6.45) is 0. The summed E-state index contributed by atoms with van der Waals surface area (Å²) in [5.41, 5.74) is 2.58. The standard InChI is InChI=1S/C30H18/c1-2-7-25-19(4-1)8-11-23-18-24(14-16-26(23)25)27-15-12-22-10-9-20-5-3-6-21-13-17-28(27)30(22)29(20)21/h1-18H. The first kappa shape index (κ1) is 16.0. The van der Waals surface area contributed by atoms with E-state index >= 15 is 0 Å². The van der Waals surface area contributed by atoms with Crippen molar-refractivity contribution < 1.29 is 0 Å². The molecule has 7 aromatic rings. The Balaban J connectivity index is 1.56. The summed E-state index contributed by atoms with van der Waals surface area (Å²) in [7, 11) is 0. The third kappa shape index (κ3) is 2.11. The number of hydrogen-bond acceptors (Lipinski definition) is 0. The highest BCUT2D eigenvalue weighted by atomic mass is 14.2. The molecule has 0 aliphatic heterocycles. The van der Waals surface area contributed by atoms with E-state index in [1.54, 1.807) is 0 Å². The van der Waals surface area contributed by atoms with Gasteiger partial charge in [-0.2, -0.15) is 0 Å². The van der Waals surface area contributed by atoms with Crippen molar-refractivity contribution in [3.05, 3.63) is 109 Å². The van der Waals surface area contributed by atoms with E-state index in [1.807, 2.05) is 0 Å². The molecule has 0 atom stereocenters. The highest BCUT2D eigenvalue weighted by Gasteiger charge is 2.12. The predicted molar refractivity (Wildman–Crippen MR) is 131 cm³/mol. The maximum Gasteiger partial charge on any atom is -0.00206 e. The molecule has 7 aromatic carbocycles. The van der Waals surface area contributed by atoms with Gasteiger partial charge >= 0.3 is 0 Å². The average Bonchev–Trinajstić information content (AvgIpc) is 2.82. The normalized spacial score (nSPS) is 12.0. The summed E-state index contributed by atoms with van der Waals surface area (Å²) < 4.78 is 0. The van der Waals surface area contributed by atoms with Crippen LogP contribution >= 0.6 is 0 Å². The second-order valence-electron chi connectivity index (χ2n) is 8.19. The lowest BCUT2D eigenvalue weighted by Crippen LogP contribution is -1.87. The zero-order valence-corrected chi connectivity index (χ0v) is 16.4. The molecule has 30 heavy (non-hydrogen) atoms. The molecule has 0 saturated heterocycles. The van der Waals surface area contributed by atoms with Gasteiger partial charge in [0, 0.05) is 0 Å². The van der Waals surface area contributed by atoms with Crippen molar-refractivity contribution in [3.8, 4) is 11.1 Å². The third-order valence-corrected chi connectivity index (χ3v) is 6.58. The van der Waals surface area contributed by atoms with E-state index in [-0.39, 0.29) is 0 Å². The molecule has 0 bridgehead atoms. The molecule has 0 saturated carbocycles. The van der Waals surface area contributed by atoms with E-state index in [9.17, 15) is 0 Å². The van der Waals surface area contributed by atoms with Crippen LogP contribution in [-0.2, 0) is 0 Å². The summed E-state index contributed by atoms with van der Waals surface area (Å²) in [5, 5.41) is 13.2. The molecule has 0 heterocycles. The van der Waals surface area contributed by atoms with Crippen LogP contribution in [0.2, 0.25) is 0 Å². The molecule has 0 aliphatic rings. The monoisotopic (exact) mass is 378 g/mol. The molecule has 0 aromatic heterocycles. The van der Waals surface area contributed by atoms with Gasteiger partial charge in [0.05, 0.1) is 0 Å². The quantitative estimate of drug-likeness (QED) is 0.251. The molecule has 0 spiro atoms. The highest BCUT2D eigenvalue weighted by molar-refractivity contribution is 6.25. The Hall–Kier alpha value is -3.90. The summed E-state index contributed by atoms with van der Waals surface area (Å²) in [6, 6.07) is 40.2. The van der Waals surface area contributed by atoms with E-state index in [0.29, 0.717) is 0 Å². The highest BCUT2D eigenvalue weighted by Crippen LogP contribution is 2.40. The third-order valence-electron chi connectivity index (χ3n) is 6.58. The van der Waals surface area contributed by atoms with Crippen molar-refractivity contribution in [1.82, 2.24) is 0 Å². The van der Waals surface area contributed by atoms with Crippen LogP contribution in [0.15, 0.2) is 109 Å². The van der Waals surface area contributed by atoms with Crippen LogP contribution in [0.25, 0.3) is 65.0 Å². The zero-order valence-electron chi connectivity index (χ0n) is 16.4. The van der Waals surface area contributed by atoms with Gasteiger partial charge in [0.1, 0.15) is 0 Å². The van der Waals surface area contributed by atoms with Gasteiger partial charge in [0.15, 0.2) is 0 Å². The molecule has 138 valence electrons. The van der Waals surface area contributed by atoms with Gasteiger partial charge in [-0.25, -0.2) is 0 Å². The second kappa shape index (κ2) is 5.81. The molecule has 7 rings (SSSR count). The van der Waals surface area contributed by atoms with Crippen LogP contribution in [0, 0.1) is 0 Å². The van der Waals surface area contributed by atoms with Crippen molar-refractivity contribution in [2.75, 3.05) is 0 Å². The maximum atomic E-state index is 2.34. The summed E-state index contributed by atoms with van der Waals surface area (Å²) in [5.74, 6) is 0. The van der Waals surface area contributed by atoms with Gasteiger partial charge < -0.3 is 0 Å². The molecule has 0 fully saturated rings. The number of rotatable bonds is 1. The molecular formula is C30H18. The number of benzene rings is 7. The largest absolute Gasteiger partial charge is 0.0616 e. The Morgan fingerprint density at radius 3 is 1.83 bits per heavy atom. The van der Waals surface area contributed by atoms with Gasteiger partial charge in [0.2, 0.25) is 0 Å². The van der Waals surface area contributed by atoms with Crippen molar-refractivity contribution in [3.63, 3.8) is 0 Å². The Morgan fingerprint density at radius 1 is 0.333 bits per heavy atom. The van der Waals surface area contributed by atoms with Crippen LogP contribution < -0.4 is 0 Å². The average molecular weight is 378 g/mol. The smallest absolute Gasteiger partial charge is 0.00206 e. The zero-order chi connectivity index (χ0) is 19.7. The topological polar surface area (TPSA) is 0 Å². The van der Waals surface area contributed by atoms with Crippen LogP contribution in [0.3, 0.4) is 0 Å². The summed E-state index contributed by atoms with van der Waals surface area (Å²) in [4.78, 5) is 0. The fourth-order valence-electron chi connectivity index (χ4n) is 5.17. The molecule has 0 heteroatoms. The van der Waals surface area contributed by atoms with Crippen LogP contribution in [0.5, 0.6) is 0 Å². The van der Waals surface area contributed by atoms with Gasteiger partial charge in [-0.1, -0.05) is 103 Å². The van der Waals surface area contributed by atoms with Crippen molar-refractivity contribution in [2.24, 2.45) is 0 Å². The minimum Gasteiger partial charge on any atom is -0.0616 e. The van der Waals surface area contributed by atoms with E-state index in [4.69, 9.17) is 0 Å². The fraction of sp³-hybridized carbons (Fsp3) is 0. The Morgan fingerprint density at radius 2 is 0.933 bits per heavy atom. The summed E-state index contributed by atoms with van der Waals surface area (Å²) >= 11 is 0. The predicted octanol–water partition coefficient (Wildman–Crippen LogP) is 8.56.